The molecule has 3 nitrogen and oxygen atoms in total. The first-order valence-corrected chi connectivity index (χ1v) is 10.9. The van der Waals surface area contributed by atoms with Gasteiger partial charge in [0.2, 0.25) is 0 Å². The largest absolute Gasteiger partial charge is 0.478 e. The van der Waals surface area contributed by atoms with Crippen LogP contribution in [-0.4, -0.2) is 29.1 Å². The van der Waals surface area contributed by atoms with Crippen LogP contribution in [0.4, 0.5) is 4.39 Å². The summed E-state index contributed by atoms with van der Waals surface area (Å²) in [5.74, 6) is -1.01. The number of benzene rings is 2. The third kappa shape index (κ3) is 5.11. The molecule has 1 unspecified atom stereocenters. The molecule has 0 radical (unpaired) electrons. The lowest BCUT2D eigenvalue weighted by Gasteiger charge is -2.33. The van der Waals surface area contributed by atoms with E-state index in [-0.39, 0.29) is 5.56 Å². The number of hydrogen-bond donors (Lipinski definition) is 1. The SMILES string of the molecule is O=C(O)c1cc(C2CC2)c(CC2CCCN(Cc3cc(Cl)cc(Cl)c3)C2)cc1F. The van der Waals surface area contributed by atoms with E-state index in [1.165, 1.54) is 6.07 Å². The van der Waals surface area contributed by atoms with Crippen molar-refractivity contribution in [3.8, 4) is 0 Å². The minimum atomic E-state index is -1.19. The number of carboxylic acid groups (broad SMARTS) is 1. The van der Waals surface area contributed by atoms with Gasteiger partial charge in [-0.05, 0) is 97.5 Å². The quantitative estimate of drug-likeness (QED) is 0.590. The first kappa shape index (κ1) is 20.6. The Hall–Kier alpha value is -1.62. The fourth-order valence-corrected chi connectivity index (χ4v) is 5.05. The molecule has 154 valence electrons. The van der Waals surface area contributed by atoms with Gasteiger partial charge in [0.15, 0.2) is 0 Å². The Morgan fingerprint density at radius 2 is 1.83 bits per heavy atom. The molecule has 1 N–H and O–H groups in total. The number of aromatic carboxylic acids is 1. The number of rotatable bonds is 6. The van der Waals surface area contributed by atoms with Gasteiger partial charge < -0.3 is 5.11 Å². The molecule has 0 amide bonds. The van der Waals surface area contributed by atoms with Crippen LogP contribution in [0.5, 0.6) is 0 Å². The molecule has 0 spiro atoms. The van der Waals surface area contributed by atoms with Crippen LogP contribution in [0.1, 0.15) is 58.6 Å². The lowest BCUT2D eigenvalue weighted by molar-refractivity contribution is 0.0691. The summed E-state index contributed by atoms with van der Waals surface area (Å²) in [4.78, 5) is 13.7. The fourth-order valence-electron chi connectivity index (χ4n) is 4.48. The summed E-state index contributed by atoms with van der Waals surface area (Å²) in [7, 11) is 0. The molecule has 0 aromatic heterocycles. The average Bonchev–Trinajstić information content (AvgIpc) is 3.46. The molecule has 29 heavy (non-hydrogen) atoms. The molecule has 1 atom stereocenters. The maximum Gasteiger partial charge on any atom is 0.338 e. The molecule has 6 heteroatoms. The number of nitrogens with zero attached hydrogens (tertiary/aromatic N) is 1. The summed E-state index contributed by atoms with van der Waals surface area (Å²) in [5, 5.41) is 10.5. The Balaban J connectivity index is 1.48. The van der Waals surface area contributed by atoms with Gasteiger partial charge in [0.05, 0.1) is 5.56 Å². The zero-order chi connectivity index (χ0) is 20.5. The molecule has 2 fully saturated rings. The molecular formula is C23H24Cl2FNO2. The first-order valence-electron chi connectivity index (χ1n) is 10.1. The van der Waals surface area contributed by atoms with Crippen LogP contribution in [0.3, 0.4) is 0 Å². The predicted octanol–water partition coefficient (Wildman–Crippen LogP) is 6.16. The maximum absolute atomic E-state index is 14.3. The van der Waals surface area contributed by atoms with E-state index in [4.69, 9.17) is 23.2 Å². The zero-order valence-electron chi connectivity index (χ0n) is 16.1. The van der Waals surface area contributed by atoms with Gasteiger partial charge in [-0.15, -0.1) is 0 Å². The Bertz CT molecular complexity index is 909. The number of piperidine rings is 1. The van der Waals surface area contributed by atoms with E-state index in [0.29, 0.717) is 21.9 Å². The highest BCUT2D eigenvalue weighted by Crippen LogP contribution is 2.43. The number of hydrogen-bond acceptors (Lipinski definition) is 2. The van der Waals surface area contributed by atoms with Gasteiger partial charge in [0, 0.05) is 23.1 Å². The van der Waals surface area contributed by atoms with Gasteiger partial charge in [-0.2, -0.15) is 0 Å². The third-order valence-electron chi connectivity index (χ3n) is 5.92. The second-order valence-corrected chi connectivity index (χ2v) is 9.21. The summed E-state index contributed by atoms with van der Waals surface area (Å²) in [5.41, 5.74) is 2.90. The standard InChI is InChI=1S/C23H24Cl2FNO2/c24-18-7-15(8-19(25)10-18)13-27-5-1-2-14(12-27)6-17-9-22(26)21(23(28)29)11-20(17)16-3-4-16/h7-11,14,16H,1-6,12-13H2,(H,28,29). The van der Waals surface area contributed by atoms with Crippen molar-refractivity contribution in [1.29, 1.82) is 0 Å². The average molecular weight is 436 g/mol. The van der Waals surface area contributed by atoms with Crippen molar-refractivity contribution >= 4 is 29.2 Å². The Kier molecular flexibility index (Phi) is 6.14. The van der Waals surface area contributed by atoms with Crippen molar-refractivity contribution in [3.63, 3.8) is 0 Å². The van der Waals surface area contributed by atoms with Crippen LogP contribution in [0.2, 0.25) is 10.0 Å². The Morgan fingerprint density at radius 3 is 2.48 bits per heavy atom. The van der Waals surface area contributed by atoms with E-state index in [0.717, 1.165) is 68.4 Å². The second-order valence-electron chi connectivity index (χ2n) is 8.34. The molecule has 4 rings (SSSR count). The van der Waals surface area contributed by atoms with Gasteiger partial charge in [0.1, 0.15) is 5.82 Å². The molecule has 0 bridgehead atoms. The zero-order valence-corrected chi connectivity index (χ0v) is 17.6. The first-order chi connectivity index (χ1) is 13.9. The van der Waals surface area contributed by atoms with Crippen molar-refractivity contribution in [2.75, 3.05) is 13.1 Å². The topological polar surface area (TPSA) is 40.5 Å². The van der Waals surface area contributed by atoms with Crippen molar-refractivity contribution in [2.24, 2.45) is 5.92 Å². The van der Waals surface area contributed by atoms with E-state index < -0.39 is 11.8 Å². The van der Waals surface area contributed by atoms with Gasteiger partial charge in [-0.25, -0.2) is 9.18 Å². The van der Waals surface area contributed by atoms with Gasteiger partial charge in [0.25, 0.3) is 0 Å². The van der Waals surface area contributed by atoms with Crippen LogP contribution in [0.15, 0.2) is 30.3 Å². The highest BCUT2D eigenvalue weighted by Gasteiger charge is 2.30. The van der Waals surface area contributed by atoms with Crippen molar-refractivity contribution in [2.45, 2.75) is 44.6 Å². The van der Waals surface area contributed by atoms with Gasteiger partial charge in [-0.3, -0.25) is 4.90 Å². The summed E-state index contributed by atoms with van der Waals surface area (Å²) in [6.07, 6.45) is 5.09. The summed E-state index contributed by atoms with van der Waals surface area (Å²) < 4.78 is 14.3. The number of likely N-dealkylation sites (tertiary alicyclic amines) is 1. The lowest BCUT2D eigenvalue weighted by Crippen LogP contribution is -2.35. The normalized spacial score (nSPS) is 20.0. The molecule has 1 aliphatic carbocycles. The third-order valence-corrected chi connectivity index (χ3v) is 6.35. The van der Waals surface area contributed by atoms with Gasteiger partial charge in [-0.1, -0.05) is 23.2 Å². The molecule has 1 heterocycles. The highest BCUT2D eigenvalue weighted by atomic mass is 35.5. The lowest BCUT2D eigenvalue weighted by atomic mass is 9.87. The van der Waals surface area contributed by atoms with Crippen LogP contribution < -0.4 is 0 Å². The molecule has 1 saturated heterocycles. The maximum atomic E-state index is 14.3. The fraction of sp³-hybridized carbons (Fsp3) is 0.435. The van der Waals surface area contributed by atoms with Crippen LogP contribution in [-0.2, 0) is 13.0 Å². The van der Waals surface area contributed by atoms with E-state index in [1.54, 1.807) is 12.1 Å². The van der Waals surface area contributed by atoms with Crippen LogP contribution in [0, 0.1) is 11.7 Å². The van der Waals surface area contributed by atoms with E-state index in [2.05, 4.69) is 4.90 Å². The smallest absolute Gasteiger partial charge is 0.338 e. The summed E-state index contributed by atoms with van der Waals surface area (Å²) >= 11 is 12.3. The monoisotopic (exact) mass is 435 g/mol. The summed E-state index contributed by atoms with van der Waals surface area (Å²) in [6.45, 7) is 2.73. The van der Waals surface area contributed by atoms with E-state index in [9.17, 15) is 14.3 Å². The van der Waals surface area contributed by atoms with Crippen molar-refractivity contribution in [3.05, 3.63) is 68.4 Å². The Morgan fingerprint density at radius 1 is 1.10 bits per heavy atom. The van der Waals surface area contributed by atoms with Crippen molar-refractivity contribution in [1.82, 2.24) is 4.90 Å². The number of halogens is 3. The van der Waals surface area contributed by atoms with E-state index >= 15 is 0 Å². The van der Waals surface area contributed by atoms with Crippen LogP contribution >= 0.6 is 23.2 Å². The molecule has 1 saturated carbocycles. The van der Waals surface area contributed by atoms with E-state index in [1.807, 2.05) is 12.1 Å². The Labute approximate surface area is 180 Å². The molecule has 1 aliphatic heterocycles. The number of carboxylic acids is 1. The molecular weight excluding hydrogens is 412 g/mol. The minimum absolute atomic E-state index is 0.209. The predicted molar refractivity (Wildman–Crippen MR) is 114 cm³/mol. The van der Waals surface area contributed by atoms with Crippen molar-refractivity contribution < 1.29 is 14.3 Å². The summed E-state index contributed by atoms with van der Waals surface area (Å²) in [6, 6.07) is 8.66. The van der Waals surface area contributed by atoms with Crippen LogP contribution in [0.25, 0.3) is 0 Å². The molecule has 2 aromatic rings. The second kappa shape index (κ2) is 8.63. The minimum Gasteiger partial charge on any atom is -0.478 e. The number of carbonyl (C=O) groups is 1. The molecule has 2 aliphatic rings. The molecule has 2 aromatic carbocycles. The highest BCUT2D eigenvalue weighted by molar-refractivity contribution is 6.34. The van der Waals surface area contributed by atoms with Gasteiger partial charge >= 0.3 is 5.97 Å².